The molecule has 204 valence electrons. The summed E-state index contributed by atoms with van der Waals surface area (Å²) in [5, 5.41) is 8.68. The summed E-state index contributed by atoms with van der Waals surface area (Å²) in [6.07, 6.45) is 5.85. The summed E-state index contributed by atoms with van der Waals surface area (Å²) in [6, 6.07) is 17.8. The molecule has 0 aliphatic heterocycles. The molecule has 0 radical (unpaired) electrons. The summed E-state index contributed by atoms with van der Waals surface area (Å²) in [7, 11) is 4.58. The molecule has 0 spiro atoms. The van der Waals surface area contributed by atoms with Crippen LogP contribution in [0, 0.1) is 0 Å². The zero-order valence-electron chi connectivity index (χ0n) is 22.3. The number of amides is 3. The molecule has 3 aromatic carbocycles. The Morgan fingerprint density at radius 3 is 2.21 bits per heavy atom. The van der Waals surface area contributed by atoms with Gasteiger partial charge in [-0.15, -0.1) is 0 Å². The van der Waals surface area contributed by atoms with Crippen molar-refractivity contribution >= 4 is 40.5 Å². The lowest BCUT2D eigenvalue weighted by molar-refractivity contribution is -0.115. The number of urea groups is 1. The number of benzene rings is 3. The number of rotatable bonds is 11. The van der Waals surface area contributed by atoms with Gasteiger partial charge in [0.2, 0.25) is 11.7 Å². The highest BCUT2D eigenvalue weighted by molar-refractivity contribution is 6.33. The minimum Gasteiger partial charge on any atom is -0.493 e. The van der Waals surface area contributed by atoms with Crippen molar-refractivity contribution in [2.75, 3.05) is 32.0 Å². The van der Waals surface area contributed by atoms with Crippen LogP contribution < -0.4 is 30.2 Å². The van der Waals surface area contributed by atoms with Crippen molar-refractivity contribution < 1.29 is 23.8 Å². The van der Waals surface area contributed by atoms with Gasteiger partial charge in [-0.05, 0) is 54.0 Å². The second kappa shape index (κ2) is 14.5. The van der Waals surface area contributed by atoms with Gasteiger partial charge in [0.1, 0.15) is 0 Å². The largest absolute Gasteiger partial charge is 0.493 e. The lowest BCUT2D eigenvalue weighted by Crippen LogP contribution is -2.28. The van der Waals surface area contributed by atoms with Crippen molar-refractivity contribution in [1.82, 2.24) is 5.32 Å². The number of carbonyl (C=O) groups excluding carboxylic acids is 2. The van der Waals surface area contributed by atoms with E-state index >= 15 is 0 Å². The van der Waals surface area contributed by atoms with E-state index in [0.717, 1.165) is 16.7 Å². The number of hydrogen-bond acceptors (Lipinski definition) is 5. The van der Waals surface area contributed by atoms with Crippen LogP contribution in [-0.4, -0.2) is 33.3 Å². The Morgan fingerprint density at radius 1 is 0.897 bits per heavy atom. The van der Waals surface area contributed by atoms with Crippen LogP contribution >= 0.6 is 11.6 Å². The first kappa shape index (κ1) is 29.1. The number of halogens is 1. The van der Waals surface area contributed by atoms with E-state index < -0.39 is 6.03 Å². The summed E-state index contributed by atoms with van der Waals surface area (Å²) in [5.41, 5.74) is 3.71. The quantitative estimate of drug-likeness (QED) is 0.232. The summed E-state index contributed by atoms with van der Waals surface area (Å²) < 4.78 is 16.0. The molecule has 3 N–H and O–H groups in total. The Labute approximate surface area is 233 Å². The molecule has 0 saturated heterocycles. The first-order chi connectivity index (χ1) is 18.9. The van der Waals surface area contributed by atoms with Gasteiger partial charge in [0.15, 0.2) is 11.5 Å². The molecule has 9 heteroatoms. The van der Waals surface area contributed by atoms with Gasteiger partial charge in [0.05, 0.1) is 32.0 Å². The molecule has 3 aromatic rings. The van der Waals surface area contributed by atoms with Crippen molar-refractivity contribution in [2.24, 2.45) is 0 Å². The fourth-order valence-corrected chi connectivity index (χ4v) is 3.94. The maximum Gasteiger partial charge on any atom is 0.319 e. The Morgan fingerprint density at radius 2 is 1.59 bits per heavy atom. The molecule has 3 rings (SSSR count). The van der Waals surface area contributed by atoms with Gasteiger partial charge < -0.3 is 30.2 Å². The van der Waals surface area contributed by atoms with E-state index in [1.54, 1.807) is 36.4 Å². The van der Waals surface area contributed by atoms with Gasteiger partial charge in [0, 0.05) is 18.7 Å². The van der Waals surface area contributed by atoms with Crippen LogP contribution in [0.1, 0.15) is 24.5 Å². The van der Waals surface area contributed by atoms with Gasteiger partial charge in [0.25, 0.3) is 0 Å². The zero-order chi connectivity index (χ0) is 28.2. The number of anilines is 2. The van der Waals surface area contributed by atoms with E-state index in [9.17, 15) is 9.59 Å². The molecule has 3 amide bonds. The van der Waals surface area contributed by atoms with Crippen molar-refractivity contribution in [3.63, 3.8) is 0 Å². The minimum absolute atomic E-state index is 0.160. The second-order valence-corrected chi connectivity index (χ2v) is 8.71. The third kappa shape index (κ3) is 8.28. The molecule has 0 fully saturated rings. The fraction of sp³-hybridized carbons (Fsp3) is 0.200. The molecule has 0 saturated carbocycles. The van der Waals surface area contributed by atoms with E-state index in [2.05, 4.69) is 16.0 Å². The number of ether oxygens (including phenoxy) is 3. The van der Waals surface area contributed by atoms with Crippen LogP contribution in [0.3, 0.4) is 0 Å². The van der Waals surface area contributed by atoms with E-state index in [1.807, 2.05) is 49.4 Å². The number of methoxy groups -OCH3 is 3. The van der Waals surface area contributed by atoms with Gasteiger partial charge in [-0.3, -0.25) is 4.79 Å². The van der Waals surface area contributed by atoms with Crippen molar-refractivity contribution in [1.29, 1.82) is 0 Å². The molecule has 0 atom stereocenters. The lowest BCUT2D eigenvalue weighted by Gasteiger charge is -2.15. The second-order valence-electron chi connectivity index (χ2n) is 8.30. The third-order valence-corrected chi connectivity index (χ3v) is 6.02. The van der Waals surface area contributed by atoms with Crippen LogP contribution in [0.4, 0.5) is 16.2 Å². The SMILES string of the molecule is C/C=C(\C=C/CC(=O)Nc1cc(NC(=O)NCc2cc(OC)c(OC)c(OC)c2)ccc1Cl)c1ccccc1. The Hall–Kier alpha value is -4.43. The number of hydrogen-bond donors (Lipinski definition) is 3. The molecule has 39 heavy (non-hydrogen) atoms. The van der Waals surface area contributed by atoms with Crippen LogP contribution in [0.5, 0.6) is 17.2 Å². The number of allylic oxidation sites excluding steroid dienone is 3. The Bertz CT molecular complexity index is 1330. The summed E-state index contributed by atoms with van der Waals surface area (Å²) in [5.74, 6) is 1.21. The molecular weight excluding hydrogens is 518 g/mol. The van der Waals surface area contributed by atoms with E-state index in [0.29, 0.717) is 33.6 Å². The van der Waals surface area contributed by atoms with Crippen molar-refractivity contribution in [2.45, 2.75) is 19.9 Å². The topological polar surface area (TPSA) is 97.9 Å². The molecule has 0 aliphatic rings. The maximum absolute atomic E-state index is 12.5. The fourth-order valence-electron chi connectivity index (χ4n) is 3.78. The molecule has 0 unspecified atom stereocenters. The average molecular weight is 550 g/mol. The molecular formula is C30H32ClN3O5. The summed E-state index contributed by atoms with van der Waals surface area (Å²) in [4.78, 5) is 25.1. The van der Waals surface area contributed by atoms with E-state index in [1.165, 1.54) is 21.3 Å². The van der Waals surface area contributed by atoms with E-state index in [4.69, 9.17) is 25.8 Å². The highest BCUT2D eigenvalue weighted by atomic mass is 35.5. The van der Waals surface area contributed by atoms with Crippen LogP contribution in [0.25, 0.3) is 5.57 Å². The first-order valence-electron chi connectivity index (χ1n) is 12.2. The Kier molecular flexibility index (Phi) is 10.8. The van der Waals surface area contributed by atoms with Crippen molar-refractivity contribution in [3.8, 4) is 17.2 Å². The van der Waals surface area contributed by atoms with Gasteiger partial charge >= 0.3 is 6.03 Å². The number of carbonyl (C=O) groups is 2. The van der Waals surface area contributed by atoms with Crippen LogP contribution in [-0.2, 0) is 11.3 Å². The lowest BCUT2D eigenvalue weighted by atomic mass is 10.1. The number of nitrogens with one attached hydrogen (secondary N) is 3. The minimum atomic E-state index is -0.439. The summed E-state index contributed by atoms with van der Waals surface area (Å²) >= 11 is 6.28. The molecule has 8 nitrogen and oxygen atoms in total. The molecule has 0 aliphatic carbocycles. The van der Waals surface area contributed by atoms with Gasteiger partial charge in [-0.1, -0.05) is 60.2 Å². The molecule has 0 aromatic heterocycles. The smallest absolute Gasteiger partial charge is 0.319 e. The molecule has 0 bridgehead atoms. The maximum atomic E-state index is 12.5. The third-order valence-electron chi connectivity index (χ3n) is 5.69. The highest BCUT2D eigenvalue weighted by Crippen LogP contribution is 2.38. The van der Waals surface area contributed by atoms with E-state index in [-0.39, 0.29) is 18.9 Å². The van der Waals surface area contributed by atoms with Gasteiger partial charge in [-0.25, -0.2) is 4.79 Å². The van der Waals surface area contributed by atoms with Crippen LogP contribution in [0.15, 0.2) is 78.9 Å². The van der Waals surface area contributed by atoms with Crippen LogP contribution in [0.2, 0.25) is 5.02 Å². The van der Waals surface area contributed by atoms with Gasteiger partial charge in [-0.2, -0.15) is 0 Å². The predicted molar refractivity (Wildman–Crippen MR) is 156 cm³/mol. The normalized spacial score (nSPS) is 11.2. The molecule has 0 heterocycles. The zero-order valence-corrected chi connectivity index (χ0v) is 23.1. The summed E-state index contributed by atoms with van der Waals surface area (Å²) in [6.45, 7) is 2.16. The first-order valence-corrected chi connectivity index (χ1v) is 12.6. The Balaban J connectivity index is 1.58. The van der Waals surface area contributed by atoms with Crippen molar-refractivity contribution in [3.05, 3.63) is 95.0 Å². The average Bonchev–Trinajstić information content (AvgIpc) is 2.95. The predicted octanol–water partition coefficient (Wildman–Crippen LogP) is 6.68. The monoisotopic (exact) mass is 549 g/mol. The highest BCUT2D eigenvalue weighted by Gasteiger charge is 2.14. The standard InChI is InChI=1S/C30H32ClN3O5/c1-5-21(22-10-7-6-8-11-22)12-9-13-28(35)34-25-18-23(14-15-24(25)31)33-30(36)32-19-20-16-26(37-2)29(39-4)27(17-20)38-3/h5-12,14-18H,13,19H2,1-4H3,(H,34,35)(H2,32,33,36)/b12-9-,21-5+.